The van der Waals surface area contributed by atoms with Crippen LogP contribution >= 0.6 is 0 Å². The van der Waals surface area contributed by atoms with Crippen LogP contribution in [0.3, 0.4) is 0 Å². The van der Waals surface area contributed by atoms with Crippen molar-refractivity contribution in [2.75, 3.05) is 6.54 Å². The summed E-state index contributed by atoms with van der Waals surface area (Å²) in [6.45, 7) is 0.243. The van der Waals surface area contributed by atoms with Gasteiger partial charge >= 0.3 is 0 Å². The number of sulfonamides is 1. The summed E-state index contributed by atoms with van der Waals surface area (Å²) >= 11 is 0. The van der Waals surface area contributed by atoms with Crippen molar-refractivity contribution in [2.45, 2.75) is 11.3 Å². The van der Waals surface area contributed by atoms with Crippen molar-refractivity contribution in [3.63, 3.8) is 0 Å². The molecule has 2 rings (SSSR count). The normalized spacial score (nSPS) is 11.1. The molecule has 2 aromatic rings. The zero-order chi connectivity index (χ0) is 13.7. The number of hydrogen-bond donors (Lipinski definition) is 1. The van der Waals surface area contributed by atoms with Crippen molar-refractivity contribution >= 4 is 10.0 Å². The average Bonchev–Trinajstić information content (AvgIpc) is 2.92. The largest absolute Gasteiger partial charge is 0.469 e. The van der Waals surface area contributed by atoms with Gasteiger partial charge in [-0.2, -0.15) is 5.26 Å². The molecule has 0 bridgehead atoms. The van der Waals surface area contributed by atoms with Crippen LogP contribution in [0.5, 0.6) is 0 Å². The van der Waals surface area contributed by atoms with E-state index in [0.717, 1.165) is 0 Å². The first-order valence-electron chi connectivity index (χ1n) is 5.64. The van der Waals surface area contributed by atoms with E-state index in [1.165, 1.54) is 12.1 Å². The third-order valence-electron chi connectivity index (χ3n) is 2.52. The lowest BCUT2D eigenvalue weighted by Gasteiger charge is -2.06. The monoisotopic (exact) mass is 276 g/mol. The van der Waals surface area contributed by atoms with Gasteiger partial charge in [0.1, 0.15) is 5.76 Å². The van der Waals surface area contributed by atoms with Crippen LogP contribution in [0.2, 0.25) is 0 Å². The topological polar surface area (TPSA) is 83.1 Å². The minimum Gasteiger partial charge on any atom is -0.469 e. The molecule has 1 aromatic carbocycles. The van der Waals surface area contributed by atoms with E-state index in [9.17, 15) is 8.42 Å². The fraction of sp³-hybridized carbons (Fsp3) is 0.154. The Morgan fingerprint density at radius 2 is 2.11 bits per heavy atom. The van der Waals surface area contributed by atoms with Gasteiger partial charge in [0.15, 0.2) is 0 Å². The van der Waals surface area contributed by atoms with E-state index in [4.69, 9.17) is 9.68 Å². The minimum absolute atomic E-state index is 0.0889. The van der Waals surface area contributed by atoms with Crippen molar-refractivity contribution < 1.29 is 12.8 Å². The van der Waals surface area contributed by atoms with Crippen LogP contribution in [0.15, 0.2) is 52.0 Å². The van der Waals surface area contributed by atoms with Gasteiger partial charge in [0.05, 0.1) is 22.8 Å². The first-order valence-corrected chi connectivity index (χ1v) is 7.12. The SMILES string of the molecule is N#Cc1cccc(S(=O)(=O)NCCc2ccco2)c1. The molecule has 0 atom stereocenters. The van der Waals surface area contributed by atoms with Crippen LogP contribution in [-0.2, 0) is 16.4 Å². The number of nitriles is 1. The molecule has 0 aliphatic rings. The predicted octanol–water partition coefficient (Wildman–Crippen LogP) is 1.67. The summed E-state index contributed by atoms with van der Waals surface area (Å²) in [5.41, 5.74) is 0.314. The second-order valence-electron chi connectivity index (χ2n) is 3.87. The molecule has 0 unspecified atom stereocenters. The Hall–Kier alpha value is -2.10. The van der Waals surface area contributed by atoms with E-state index < -0.39 is 10.0 Å². The number of nitrogens with one attached hydrogen (secondary N) is 1. The first kappa shape index (κ1) is 13.3. The molecular weight excluding hydrogens is 264 g/mol. The van der Waals surface area contributed by atoms with Crippen LogP contribution in [0, 0.1) is 11.3 Å². The Balaban J connectivity index is 2.03. The van der Waals surface area contributed by atoms with Gasteiger partial charge in [0.25, 0.3) is 0 Å². The highest BCUT2D eigenvalue weighted by molar-refractivity contribution is 7.89. The van der Waals surface area contributed by atoms with E-state index in [-0.39, 0.29) is 11.4 Å². The molecule has 98 valence electrons. The van der Waals surface area contributed by atoms with Crippen molar-refractivity contribution in [3.05, 3.63) is 54.0 Å². The lowest BCUT2D eigenvalue weighted by atomic mass is 10.2. The summed E-state index contributed by atoms with van der Waals surface area (Å²) in [5, 5.41) is 8.75. The lowest BCUT2D eigenvalue weighted by Crippen LogP contribution is -2.25. The average molecular weight is 276 g/mol. The zero-order valence-corrected chi connectivity index (χ0v) is 10.9. The second kappa shape index (κ2) is 5.69. The van der Waals surface area contributed by atoms with Crippen LogP contribution in [0.25, 0.3) is 0 Å². The Morgan fingerprint density at radius 3 is 2.79 bits per heavy atom. The van der Waals surface area contributed by atoms with E-state index in [1.54, 1.807) is 30.5 Å². The molecule has 1 heterocycles. The number of furan rings is 1. The Morgan fingerprint density at radius 1 is 1.26 bits per heavy atom. The highest BCUT2D eigenvalue weighted by Gasteiger charge is 2.13. The Bertz CT molecular complexity index is 685. The molecule has 5 nitrogen and oxygen atoms in total. The van der Waals surface area contributed by atoms with E-state index >= 15 is 0 Å². The molecule has 19 heavy (non-hydrogen) atoms. The van der Waals surface area contributed by atoms with Crippen LogP contribution < -0.4 is 4.72 Å². The Labute approximate surface area is 111 Å². The number of rotatable bonds is 5. The summed E-state index contributed by atoms with van der Waals surface area (Å²) in [6.07, 6.45) is 2.02. The quantitative estimate of drug-likeness (QED) is 0.900. The van der Waals surface area contributed by atoms with Crippen LogP contribution in [-0.4, -0.2) is 15.0 Å². The highest BCUT2D eigenvalue weighted by Crippen LogP contribution is 2.11. The third-order valence-corrected chi connectivity index (χ3v) is 3.98. The van der Waals surface area contributed by atoms with E-state index in [0.29, 0.717) is 17.7 Å². The van der Waals surface area contributed by atoms with E-state index in [2.05, 4.69) is 4.72 Å². The van der Waals surface area contributed by atoms with Gasteiger partial charge in [-0.3, -0.25) is 0 Å². The van der Waals surface area contributed by atoms with Crippen LogP contribution in [0.4, 0.5) is 0 Å². The predicted molar refractivity (Wildman–Crippen MR) is 68.8 cm³/mol. The van der Waals surface area contributed by atoms with Crippen LogP contribution in [0.1, 0.15) is 11.3 Å². The molecule has 0 amide bonds. The van der Waals surface area contributed by atoms with Crippen molar-refractivity contribution in [1.29, 1.82) is 5.26 Å². The number of hydrogen-bond acceptors (Lipinski definition) is 4. The van der Waals surface area contributed by atoms with Gasteiger partial charge < -0.3 is 4.42 Å². The maximum Gasteiger partial charge on any atom is 0.240 e. The van der Waals surface area contributed by atoms with Crippen molar-refractivity contribution in [1.82, 2.24) is 4.72 Å². The standard InChI is InChI=1S/C13H12N2O3S/c14-10-11-3-1-5-13(9-11)19(16,17)15-7-6-12-4-2-8-18-12/h1-5,8-9,15H,6-7H2. The summed E-state index contributed by atoms with van der Waals surface area (Å²) in [4.78, 5) is 0.0889. The van der Waals surface area contributed by atoms with Gasteiger partial charge in [-0.1, -0.05) is 6.07 Å². The Kier molecular flexibility index (Phi) is 4.00. The summed E-state index contributed by atoms with van der Waals surface area (Å²) in [7, 11) is -3.59. The summed E-state index contributed by atoms with van der Waals surface area (Å²) < 4.78 is 31.5. The lowest BCUT2D eigenvalue weighted by molar-refractivity contribution is 0.506. The fourth-order valence-corrected chi connectivity index (χ4v) is 2.66. The molecule has 0 radical (unpaired) electrons. The summed E-state index contributed by atoms with van der Waals surface area (Å²) in [5.74, 6) is 0.716. The molecule has 1 N–H and O–H groups in total. The van der Waals surface area contributed by atoms with Gasteiger partial charge in [-0.15, -0.1) is 0 Å². The molecule has 0 fully saturated rings. The van der Waals surface area contributed by atoms with Gasteiger partial charge in [0, 0.05) is 13.0 Å². The second-order valence-corrected chi connectivity index (χ2v) is 5.63. The molecule has 0 saturated carbocycles. The van der Waals surface area contributed by atoms with Gasteiger partial charge in [-0.25, -0.2) is 13.1 Å². The minimum atomic E-state index is -3.59. The fourth-order valence-electron chi connectivity index (χ4n) is 1.58. The smallest absolute Gasteiger partial charge is 0.240 e. The molecule has 0 saturated heterocycles. The molecular formula is C13H12N2O3S. The van der Waals surface area contributed by atoms with Crippen molar-refractivity contribution in [3.8, 4) is 6.07 Å². The highest BCUT2D eigenvalue weighted by atomic mass is 32.2. The van der Waals surface area contributed by atoms with E-state index in [1.807, 2.05) is 6.07 Å². The molecule has 1 aromatic heterocycles. The molecule has 0 aliphatic carbocycles. The number of nitrogens with zero attached hydrogens (tertiary/aromatic N) is 1. The first-order chi connectivity index (χ1) is 9.12. The van der Waals surface area contributed by atoms with Gasteiger partial charge in [0.2, 0.25) is 10.0 Å². The van der Waals surface area contributed by atoms with Gasteiger partial charge in [-0.05, 0) is 30.3 Å². The molecule has 0 spiro atoms. The molecule has 6 heteroatoms. The maximum atomic E-state index is 12.0. The number of benzene rings is 1. The zero-order valence-electron chi connectivity index (χ0n) is 10.0. The third kappa shape index (κ3) is 3.44. The summed E-state index contributed by atoms with van der Waals surface area (Å²) in [6, 6.07) is 11.3. The van der Waals surface area contributed by atoms with Crippen molar-refractivity contribution in [2.24, 2.45) is 0 Å². The molecule has 0 aliphatic heterocycles. The maximum absolute atomic E-state index is 12.0.